The van der Waals surface area contributed by atoms with E-state index >= 15 is 0 Å². The average Bonchev–Trinajstić information content (AvgIpc) is 3.30. The molecule has 0 fully saturated rings. The Morgan fingerprint density at radius 2 is 1.71 bits per heavy atom. The predicted octanol–water partition coefficient (Wildman–Crippen LogP) is 4.21. The van der Waals surface area contributed by atoms with Crippen molar-refractivity contribution in [2.24, 2.45) is 5.41 Å². The van der Waals surface area contributed by atoms with E-state index in [1.165, 1.54) is 7.05 Å². The van der Waals surface area contributed by atoms with Crippen LogP contribution in [0.2, 0.25) is 5.02 Å². The van der Waals surface area contributed by atoms with Crippen molar-refractivity contribution in [2.45, 2.75) is 13.5 Å². The molecule has 31 heavy (non-hydrogen) atoms. The van der Waals surface area contributed by atoms with E-state index in [1.54, 1.807) is 30.2 Å². The molecule has 1 heterocycles. The van der Waals surface area contributed by atoms with Gasteiger partial charge >= 0.3 is 6.09 Å². The average molecular weight is 442 g/mol. The van der Waals surface area contributed by atoms with Crippen molar-refractivity contribution in [3.8, 4) is 16.9 Å². The normalized spacial score (nSPS) is 12.6. The van der Waals surface area contributed by atoms with Crippen LogP contribution in [0.25, 0.3) is 11.1 Å². The number of benzene rings is 2. The van der Waals surface area contributed by atoms with Gasteiger partial charge in [0.05, 0.1) is 18.3 Å². The third-order valence-electron chi connectivity index (χ3n) is 4.87. The summed E-state index contributed by atoms with van der Waals surface area (Å²) in [6.07, 6.45) is 4.27. The number of Topliss-reactive ketones (excluding diaryl/α,β-unsaturated/α-hetero) is 1. The first-order valence-electron chi connectivity index (χ1n) is 9.72. The predicted molar refractivity (Wildman–Crippen MR) is 118 cm³/mol. The number of hydrogen-bond acceptors (Lipinski definition) is 5. The van der Waals surface area contributed by atoms with E-state index in [9.17, 15) is 9.59 Å². The lowest BCUT2D eigenvalue weighted by molar-refractivity contribution is -0.132. The summed E-state index contributed by atoms with van der Waals surface area (Å²) in [6.45, 7) is 1.77. The highest BCUT2D eigenvalue weighted by Gasteiger charge is 2.36. The molecule has 3 aromatic rings. The second-order valence-electron chi connectivity index (χ2n) is 7.36. The molecule has 0 saturated carbocycles. The third kappa shape index (κ3) is 6.08. The molecule has 8 heteroatoms. The lowest BCUT2D eigenvalue weighted by atomic mass is 9.87. The van der Waals surface area contributed by atoms with Crippen LogP contribution in [0.3, 0.4) is 0 Å². The first-order valence-corrected chi connectivity index (χ1v) is 10.1. The number of imidazole rings is 1. The minimum Gasteiger partial charge on any atom is -0.492 e. The Bertz CT molecular complexity index is 1000. The van der Waals surface area contributed by atoms with Crippen LogP contribution in [0, 0.1) is 5.41 Å². The third-order valence-corrected chi connectivity index (χ3v) is 5.13. The largest absolute Gasteiger partial charge is 0.492 e. The highest BCUT2D eigenvalue weighted by atomic mass is 35.5. The Balaban J connectivity index is 1.69. The summed E-state index contributed by atoms with van der Waals surface area (Å²) in [6, 6.07) is 15.1. The molecular weight excluding hydrogens is 418 g/mol. The van der Waals surface area contributed by atoms with Gasteiger partial charge in [0.2, 0.25) is 0 Å². The summed E-state index contributed by atoms with van der Waals surface area (Å²) < 4.78 is 12.8. The number of carbonyl (C=O) groups excluding carboxylic acids is 2. The highest BCUT2D eigenvalue weighted by Crippen LogP contribution is 2.26. The van der Waals surface area contributed by atoms with Crippen LogP contribution in [0.1, 0.15) is 6.92 Å². The number of amides is 1. The Hall–Kier alpha value is -3.32. The molecule has 0 aliphatic heterocycles. The molecule has 1 amide bonds. The zero-order chi connectivity index (χ0) is 22.3. The summed E-state index contributed by atoms with van der Waals surface area (Å²) in [5.41, 5.74) is 1.02. The number of aromatic nitrogens is 2. The molecule has 1 unspecified atom stereocenters. The van der Waals surface area contributed by atoms with Gasteiger partial charge in [-0.05, 0) is 42.3 Å². The number of rotatable bonds is 9. The number of ether oxygens (including phenoxy) is 2. The van der Waals surface area contributed by atoms with Crippen molar-refractivity contribution in [2.75, 3.05) is 20.3 Å². The molecule has 0 aliphatic carbocycles. The van der Waals surface area contributed by atoms with E-state index in [0.29, 0.717) is 10.8 Å². The monoisotopic (exact) mass is 441 g/mol. The number of carbonyl (C=O) groups is 2. The van der Waals surface area contributed by atoms with Crippen molar-refractivity contribution >= 4 is 23.5 Å². The molecule has 1 aromatic heterocycles. The van der Waals surface area contributed by atoms with E-state index < -0.39 is 11.5 Å². The summed E-state index contributed by atoms with van der Waals surface area (Å²) in [5, 5.41) is 3.07. The number of alkyl carbamates (subject to hydrolysis) is 1. The maximum atomic E-state index is 13.0. The van der Waals surface area contributed by atoms with Gasteiger partial charge in [0.1, 0.15) is 19.0 Å². The van der Waals surface area contributed by atoms with E-state index in [4.69, 9.17) is 21.1 Å². The summed E-state index contributed by atoms with van der Waals surface area (Å²) in [4.78, 5) is 28.5. The summed E-state index contributed by atoms with van der Waals surface area (Å²) >= 11 is 5.95. The van der Waals surface area contributed by atoms with Crippen LogP contribution >= 0.6 is 11.6 Å². The van der Waals surface area contributed by atoms with Crippen molar-refractivity contribution in [1.82, 2.24) is 14.9 Å². The van der Waals surface area contributed by atoms with E-state index in [2.05, 4.69) is 10.3 Å². The molecule has 0 saturated heterocycles. The van der Waals surface area contributed by atoms with Gasteiger partial charge in [-0.2, -0.15) is 0 Å². The molecular formula is C23H24ClN3O4. The molecule has 0 bridgehead atoms. The standard InChI is InChI=1S/C23H24ClN3O4/c1-23(15-31-22(29)25-2,21(28)13-27-12-11-26-16-27)14-30-20-9-5-18(6-10-20)17-3-7-19(24)8-4-17/h3-12,16H,13-15H2,1-2H3,(H,25,29). The van der Waals surface area contributed by atoms with Gasteiger partial charge in [-0.25, -0.2) is 9.78 Å². The quantitative estimate of drug-likeness (QED) is 0.537. The first kappa shape index (κ1) is 22.4. The lowest BCUT2D eigenvalue weighted by Gasteiger charge is -2.27. The van der Waals surface area contributed by atoms with E-state index in [-0.39, 0.29) is 25.5 Å². The fourth-order valence-corrected chi connectivity index (χ4v) is 2.99. The van der Waals surface area contributed by atoms with Crippen molar-refractivity contribution in [3.05, 3.63) is 72.3 Å². The van der Waals surface area contributed by atoms with Crippen LogP contribution in [0.5, 0.6) is 5.75 Å². The summed E-state index contributed by atoms with van der Waals surface area (Å²) in [7, 11) is 1.46. The van der Waals surface area contributed by atoms with Crippen LogP contribution < -0.4 is 10.1 Å². The van der Waals surface area contributed by atoms with Gasteiger partial charge in [-0.3, -0.25) is 4.79 Å². The van der Waals surface area contributed by atoms with Gasteiger partial charge in [-0.15, -0.1) is 0 Å². The fraction of sp³-hybridized carbons (Fsp3) is 0.261. The highest BCUT2D eigenvalue weighted by molar-refractivity contribution is 6.30. The molecule has 1 N–H and O–H groups in total. The van der Waals surface area contributed by atoms with Crippen molar-refractivity contribution in [1.29, 1.82) is 0 Å². The Morgan fingerprint density at radius 3 is 2.29 bits per heavy atom. The van der Waals surface area contributed by atoms with Crippen molar-refractivity contribution < 1.29 is 19.1 Å². The SMILES string of the molecule is CNC(=O)OCC(C)(COc1ccc(-c2ccc(Cl)cc2)cc1)C(=O)Cn1ccnc1. The Labute approximate surface area is 186 Å². The van der Waals surface area contributed by atoms with E-state index in [1.807, 2.05) is 48.5 Å². The zero-order valence-electron chi connectivity index (χ0n) is 17.4. The maximum Gasteiger partial charge on any atom is 0.406 e. The number of nitrogens with zero attached hydrogens (tertiary/aromatic N) is 2. The fourth-order valence-electron chi connectivity index (χ4n) is 2.87. The lowest BCUT2D eigenvalue weighted by Crippen LogP contribution is -2.42. The summed E-state index contributed by atoms with van der Waals surface area (Å²) in [5.74, 6) is 0.478. The number of hydrogen-bond donors (Lipinski definition) is 1. The number of nitrogens with one attached hydrogen (secondary N) is 1. The van der Waals surface area contributed by atoms with Gasteiger partial charge < -0.3 is 19.4 Å². The van der Waals surface area contributed by atoms with Gasteiger partial charge in [0, 0.05) is 24.5 Å². The molecule has 3 rings (SSSR count). The van der Waals surface area contributed by atoms with Crippen LogP contribution in [-0.4, -0.2) is 41.7 Å². The second kappa shape index (κ2) is 10.1. The molecule has 0 spiro atoms. The van der Waals surface area contributed by atoms with Crippen LogP contribution in [0.15, 0.2) is 67.3 Å². The number of ketones is 1. The van der Waals surface area contributed by atoms with E-state index in [0.717, 1.165) is 11.1 Å². The molecule has 162 valence electrons. The Morgan fingerprint density at radius 1 is 1.06 bits per heavy atom. The van der Waals surface area contributed by atoms with Crippen molar-refractivity contribution in [3.63, 3.8) is 0 Å². The van der Waals surface area contributed by atoms with Gasteiger partial charge in [-0.1, -0.05) is 35.9 Å². The molecule has 2 aromatic carbocycles. The van der Waals surface area contributed by atoms with Gasteiger partial charge in [0.15, 0.2) is 5.78 Å². The topological polar surface area (TPSA) is 82.5 Å². The zero-order valence-corrected chi connectivity index (χ0v) is 18.1. The minimum atomic E-state index is -1.04. The second-order valence-corrected chi connectivity index (χ2v) is 7.80. The Kier molecular flexibility index (Phi) is 7.31. The van der Waals surface area contributed by atoms with Crippen LogP contribution in [0.4, 0.5) is 4.79 Å². The number of halogens is 1. The molecule has 7 nitrogen and oxygen atoms in total. The molecule has 1 atom stereocenters. The maximum absolute atomic E-state index is 13.0. The first-order chi connectivity index (χ1) is 14.9. The minimum absolute atomic E-state index is 0.0534. The molecule has 0 aliphatic rings. The molecule has 0 radical (unpaired) electrons. The van der Waals surface area contributed by atoms with Gasteiger partial charge in [0.25, 0.3) is 0 Å². The van der Waals surface area contributed by atoms with Crippen LogP contribution in [-0.2, 0) is 16.1 Å². The smallest absolute Gasteiger partial charge is 0.406 e.